The molecule has 0 radical (unpaired) electrons. The molecule has 0 saturated carbocycles. The van der Waals surface area contributed by atoms with E-state index in [4.69, 9.17) is 0 Å². The molecule has 1 aliphatic heterocycles. The van der Waals surface area contributed by atoms with Gasteiger partial charge in [-0.2, -0.15) is 4.31 Å². The molecule has 1 saturated heterocycles. The van der Waals surface area contributed by atoms with E-state index in [9.17, 15) is 18.0 Å². The molecule has 8 heteroatoms. The first-order valence-electron chi connectivity index (χ1n) is 10.3. The third-order valence-corrected chi connectivity index (χ3v) is 8.82. The molecule has 2 aromatic rings. The normalized spacial score (nSPS) is 17.2. The number of carbonyl (C=O) groups excluding carboxylic acids is 2. The fourth-order valence-electron chi connectivity index (χ4n) is 4.12. The molecule has 4 rings (SSSR count). The zero-order chi connectivity index (χ0) is 21.3. The number of benzene rings is 1. The van der Waals surface area contributed by atoms with Gasteiger partial charge in [-0.05, 0) is 61.6 Å². The van der Waals surface area contributed by atoms with Crippen LogP contribution in [0.3, 0.4) is 0 Å². The van der Waals surface area contributed by atoms with Gasteiger partial charge in [-0.1, -0.05) is 6.07 Å². The van der Waals surface area contributed by atoms with E-state index in [1.807, 2.05) is 25.1 Å². The second-order valence-corrected chi connectivity index (χ2v) is 11.1. The van der Waals surface area contributed by atoms with Gasteiger partial charge in [-0.3, -0.25) is 9.59 Å². The monoisotopic (exact) mass is 446 g/mol. The number of piperazine rings is 1. The van der Waals surface area contributed by atoms with E-state index in [0.29, 0.717) is 22.9 Å². The van der Waals surface area contributed by atoms with Crippen molar-refractivity contribution in [2.24, 2.45) is 0 Å². The minimum atomic E-state index is -3.55. The summed E-state index contributed by atoms with van der Waals surface area (Å²) in [6.45, 7) is 3.22. The first-order valence-corrected chi connectivity index (χ1v) is 12.6. The van der Waals surface area contributed by atoms with Crippen LogP contribution in [0.1, 0.15) is 44.9 Å². The number of sulfonamides is 1. The third-order valence-electron chi connectivity index (χ3n) is 5.88. The molecule has 1 fully saturated rings. The number of ketones is 1. The fraction of sp³-hybridized carbons (Fsp3) is 0.455. The minimum absolute atomic E-state index is 0.0146. The Morgan fingerprint density at radius 3 is 2.40 bits per heavy atom. The van der Waals surface area contributed by atoms with E-state index in [2.05, 4.69) is 0 Å². The van der Waals surface area contributed by atoms with Crippen molar-refractivity contribution in [3.63, 3.8) is 0 Å². The lowest BCUT2D eigenvalue weighted by molar-refractivity contribution is -0.132. The molecule has 0 spiro atoms. The van der Waals surface area contributed by atoms with E-state index < -0.39 is 10.0 Å². The van der Waals surface area contributed by atoms with Crippen molar-refractivity contribution in [1.29, 1.82) is 0 Å². The number of rotatable bonds is 6. The Kier molecular flexibility index (Phi) is 6.09. The SMILES string of the molecule is Cc1ccc(C(=O)CCC(=O)N2CCN(S(=O)(=O)c3ccc4c(c3)CCC4)CC2)s1. The Morgan fingerprint density at radius 2 is 1.70 bits per heavy atom. The number of carbonyl (C=O) groups is 2. The van der Waals surface area contributed by atoms with Crippen LogP contribution in [-0.4, -0.2) is 55.5 Å². The Morgan fingerprint density at radius 1 is 0.967 bits per heavy atom. The number of thiophene rings is 1. The highest BCUT2D eigenvalue weighted by molar-refractivity contribution is 7.89. The largest absolute Gasteiger partial charge is 0.340 e. The molecule has 2 heterocycles. The summed E-state index contributed by atoms with van der Waals surface area (Å²) in [5.41, 5.74) is 2.38. The number of hydrogen-bond acceptors (Lipinski definition) is 5. The number of aryl methyl sites for hydroxylation is 3. The molecule has 0 atom stereocenters. The van der Waals surface area contributed by atoms with Gasteiger partial charge in [0.15, 0.2) is 5.78 Å². The van der Waals surface area contributed by atoms with Crippen LogP contribution in [-0.2, 0) is 27.7 Å². The Bertz CT molecular complexity index is 1070. The fourth-order valence-corrected chi connectivity index (χ4v) is 6.43. The molecule has 160 valence electrons. The van der Waals surface area contributed by atoms with Gasteiger partial charge in [0.25, 0.3) is 0 Å². The van der Waals surface area contributed by atoms with Gasteiger partial charge in [0, 0.05) is 43.9 Å². The lowest BCUT2D eigenvalue weighted by Crippen LogP contribution is -2.50. The van der Waals surface area contributed by atoms with Gasteiger partial charge in [-0.25, -0.2) is 8.42 Å². The van der Waals surface area contributed by atoms with Crippen molar-refractivity contribution in [1.82, 2.24) is 9.21 Å². The molecular formula is C22H26N2O4S2. The topological polar surface area (TPSA) is 74.8 Å². The molecule has 1 aliphatic carbocycles. The summed E-state index contributed by atoms with van der Waals surface area (Å²) >= 11 is 1.44. The molecule has 1 amide bonds. The highest BCUT2D eigenvalue weighted by Gasteiger charge is 2.31. The Balaban J connectivity index is 1.32. The van der Waals surface area contributed by atoms with E-state index in [1.165, 1.54) is 21.2 Å². The minimum Gasteiger partial charge on any atom is -0.340 e. The first-order chi connectivity index (χ1) is 14.3. The first kappa shape index (κ1) is 21.2. The third kappa shape index (κ3) is 4.36. The maximum atomic E-state index is 13.0. The predicted octanol–water partition coefficient (Wildman–Crippen LogP) is 3.04. The smallest absolute Gasteiger partial charge is 0.243 e. The van der Waals surface area contributed by atoms with Gasteiger partial charge in [-0.15, -0.1) is 11.3 Å². The van der Waals surface area contributed by atoms with Crippen LogP contribution in [0.5, 0.6) is 0 Å². The summed E-state index contributed by atoms with van der Waals surface area (Å²) in [6, 6.07) is 9.15. The lowest BCUT2D eigenvalue weighted by Gasteiger charge is -2.34. The van der Waals surface area contributed by atoms with Crippen LogP contribution >= 0.6 is 11.3 Å². The van der Waals surface area contributed by atoms with Crippen LogP contribution in [0.4, 0.5) is 0 Å². The van der Waals surface area contributed by atoms with Crippen molar-refractivity contribution in [3.05, 3.63) is 51.2 Å². The quantitative estimate of drug-likeness (QED) is 0.639. The molecule has 30 heavy (non-hydrogen) atoms. The van der Waals surface area contributed by atoms with E-state index in [1.54, 1.807) is 17.0 Å². The van der Waals surface area contributed by atoms with Crippen molar-refractivity contribution in [2.75, 3.05) is 26.2 Å². The standard InChI is InChI=1S/C22H26N2O4S2/c1-16-5-9-21(29-16)20(25)8-10-22(26)23-11-13-24(14-12-23)30(27,28)19-7-6-17-3-2-4-18(17)15-19/h5-7,9,15H,2-4,8,10-14H2,1H3. The van der Waals surface area contributed by atoms with Gasteiger partial charge in [0.1, 0.15) is 0 Å². The zero-order valence-electron chi connectivity index (χ0n) is 17.1. The van der Waals surface area contributed by atoms with Crippen LogP contribution in [0.15, 0.2) is 35.2 Å². The second kappa shape index (κ2) is 8.61. The molecule has 0 bridgehead atoms. The average Bonchev–Trinajstić information content (AvgIpc) is 3.40. The zero-order valence-corrected chi connectivity index (χ0v) is 18.7. The Labute approximate surface area is 181 Å². The van der Waals surface area contributed by atoms with Crippen molar-refractivity contribution >= 4 is 33.1 Å². The summed E-state index contributed by atoms with van der Waals surface area (Å²) in [5.74, 6) is -0.106. The van der Waals surface area contributed by atoms with Crippen LogP contribution in [0.25, 0.3) is 0 Å². The van der Waals surface area contributed by atoms with Gasteiger partial charge < -0.3 is 4.90 Å². The molecule has 0 unspecified atom stereocenters. The molecule has 6 nitrogen and oxygen atoms in total. The van der Waals surface area contributed by atoms with Crippen molar-refractivity contribution < 1.29 is 18.0 Å². The summed E-state index contributed by atoms with van der Waals surface area (Å²) in [4.78, 5) is 28.5. The predicted molar refractivity (Wildman–Crippen MR) is 116 cm³/mol. The van der Waals surface area contributed by atoms with Gasteiger partial charge in [0.05, 0.1) is 9.77 Å². The van der Waals surface area contributed by atoms with Gasteiger partial charge in [0.2, 0.25) is 15.9 Å². The van der Waals surface area contributed by atoms with E-state index >= 15 is 0 Å². The van der Waals surface area contributed by atoms with Crippen molar-refractivity contribution in [3.8, 4) is 0 Å². The maximum absolute atomic E-state index is 13.0. The number of fused-ring (bicyclic) bond motifs is 1. The van der Waals surface area contributed by atoms with Gasteiger partial charge >= 0.3 is 0 Å². The number of amides is 1. The van der Waals surface area contributed by atoms with E-state index in [-0.39, 0.29) is 37.6 Å². The molecular weight excluding hydrogens is 420 g/mol. The number of Topliss-reactive ketones (excluding diaryl/α,β-unsaturated/α-hetero) is 1. The van der Waals surface area contributed by atoms with Crippen LogP contribution in [0.2, 0.25) is 0 Å². The summed E-state index contributed by atoms with van der Waals surface area (Å²) < 4.78 is 27.5. The van der Waals surface area contributed by atoms with Crippen LogP contribution in [0, 0.1) is 6.92 Å². The molecule has 1 aromatic carbocycles. The Hall–Kier alpha value is -2.03. The van der Waals surface area contributed by atoms with E-state index in [0.717, 1.165) is 29.7 Å². The molecule has 1 aromatic heterocycles. The summed E-state index contributed by atoms with van der Waals surface area (Å²) in [5, 5.41) is 0. The molecule has 0 N–H and O–H groups in total. The number of hydrogen-bond donors (Lipinski definition) is 0. The average molecular weight is 447 g/mol. The molecule has 2 aliphatic rings. The highest BCUT2D eigenvalue weighted by atomic mass is 32.2. The summed E-state index contributed by atoms with van der Waals surface area (Å²) in [7, 11) is -3.55. The van der Waals surface area contributed by atoms with Crippen LogP contribution < -0.4 is 0 Å². The maximum Gasteiger partial charge on any atom is 0.243 e. The highest BCUT2D eigenvalue weighted by Crippen LogP contribution is 2.27. The number of nitrogens with zero attached hydrogens (tertiary/aromatic N) is 2. The summed E-state index contributed by atoms with van der Waals surface area (Å²) in [6.07, 6.45) is 3.38. The lowest BCUT2D eigenvalue weighted by atomic mass is 10.1. The van der Waals surface area contributed by atoms with Crippen molar-refractivity contribution in [2.45, 2.75) is 43.9 Å². The second-order valence-electron chi connectivity index (χ2n) is 7.90.